The first kappa shape index (κ1) is 14.6. The van der Waals surface area contributed by atoms with Gasteiger partial charge in [-0.15, -0.1) is 6.58 Å². The van der Waals surface area contributed by atoms with Gasteiger partial charge in [0.1, 0.15) is 17.1 Å². The van der Waals surface area contributed by atoms with Crippen molar-refractivity contribution in [3.8, 4) is 0 Å². The van der Waals surface area contributed by atoms with Gasteiger partial charge in [0, 0.05) is 18.2 Å². The number of nitrogens with zero attached hydrogens (tertiary/aromatic N) is 1. The summed E-state index contributed by atoms with van der Waals surface area (Å²) in [5.74, 6) is -2.57. The molecule has 0 saturated carbocycles. The number of halogens is 1. The minimum Gasteiger partial charge on any atom is -0.478 e. The van der Waals surface area contributed by atoms with Crippen molar-refractivity contribution in [2.75, 3.05) is 5.32 Å². The average molecular weight is 268 g/mol. The highest BCUT2D eigenvalue weighted by molar-refractivity contribution is 5.90. The van der Waals surface area contributed by atoms with Crippen LogP contribution in [0.1, 0.15) is 23.7 Å². The molecule has 0 saturated heterocycles. The normalized spacial score (nSPS) is 11.7. The highest BCUT2D eigenvalue weighted by atomic mass is 19.1. The van der Waals surface area contributed by atoms with E-state index in [1.54, 1.807) is 13.0 Å². The smallest absolute Gasteiger partial charge is 0.338 e. The molecular weight excluding hydrogens is 255 g/mol. The molecule has 0 amide bonds. The summed E-state index contributed by atoms with van der Waals surface area (Å²) in [6.45, 7) is 5.27. The molecule has 0 heterocycles. The zero-order valence-corrected chi connectivity index (χ0v) is 10.2. The van der Waals surface area contributed by atoms with Crippen molar-refractivity contribution in [2.24, 2.45) is 0 Å². The van der Waals surface area contributed by atoms with Gasteiger partial charge in [-0.1, -0.05) is 6.08 Å². The molecule has 1 aromatic carbocycles. The summed E-state index contributed by atoms with van der Waals surface area (Å²) >= 11 is 0. The van der Waals surface area contributed by atoms with E-state index in [1.807, 2.05) is 0 Å². The van der Waals surface area contributed by atoms with Crippen LogP contribution in [0, 0.1) is 15.9 Å². The van der Waals surface area contributed by atoms with Gasteiger partial charge < -0.3 is 10.4 Å². The number of hydrogen-bond acceptors (Lipinski definition) is 4. The molecule has 0 bridgehead atoms. The zero-order chi connectivity index (χ0) is 14.6. The first-order valence-electron chi connectivity index (χ1n) is 5.45. The van der Waals surface area contributed by atoms with Crippen LogP contribution < -0.4 is 5.32 Å². The van der Waals surface area contributed by atoms with Crippen molar-refractivity contribution in [3.63, 3.8) is 0 Å². The molecule has 0 radical (unpaired) electrons. The predicted octanol–water partition coefficient (Wildman–Crippen LogP) is 2.81. The molecular formula is C12H13FN2O4. The van der Waals surface area contributed by atoms with Gasteiger partial charge in [-0.2, -0.15) is 0 Å². The molecule has 1 rings (SSSR count). The highest BCUT2D eigenvalue weighted by Crippen LogP contribution is 2.28. The van der Waals surface area contributed by atoms with Gasteiger partial charge in [0.2, 0.25) is 0 Å². The lowest BCUT2D eigenvalue weighted by molar-refractivity contribution is -0.384. The second kappa shape index (κ2) is 5.94. The third kappa shape index (κ3) is 3.51. The molecule has 0 aliphatic carbocycles. The summed E-state index contributed by atoms with van der Waals surface area (Å²) in [4.78, 5) is 20.9. The van der Waals surface area contributed by atoms with Gasteiger partial charge in [0.25, 0.3) is 5.69 Å². The predicted molar refractivity (Wildman–Crippen MR) is 67.9 cm³/mol. The SMILES string of the molecule is C=CCC(C)Nc1cc(F)c(C(=O)O)cc1[N+](=O)[O-]. The fraction of sp³-hybridized carbons (Fsp3) is 0.250. The van der Waals surface area contributed by atoms with E-state index in [1.165, 1.54) is 0 Å². The average Bonchev–Trinajstić information content (AvgIpc) is 2.28. The fourth-order valence-electron chi connectivity index (χ4n) is 1.57. The Morgan fingerprint density at radius 3 is 2.79 bits per heavy atom. The third-order valence-corrected chi connectivity index (χ3v) is 2.43. The number of anilines is 1. The van der Waals surface area contributed by atoms with Crippen LogP contribution in [0.4, 0.5) is 15.8 Å². The molecule has 0 fully saturated rings. The molecule has 7 heteroatoms. The van der Waals surface area contributed by atoms with Crippen LogP contribution in [0.15, 0.2) is 24.8 Å². The highest BCUT2D eigenvalue weighted by Gasteiger charge is 2.22. The van der Waals surface area contributed by atoms with Crippen molar-refractivity contribution in [2.45, 2.75) is 19.4 Å². The Labute approximate surface area is 108 Å². The van der Waals surface area contributed by atoms with Crippen LogP contribution in [0.5, 0.6) is 0 Å². The Morgan fingerprint density at radius 2 is 2.32 bits per heavy atom. The van der Waals surface area contributed by atoms with E-state index in [4.69, 9.17) is 5.11 Å². The number of nitro groups is 1. The van der Waals surface area contributed by atoms with Gasteiger partial charge >= 0.3 is 5.97 Å². The van der Waals surface area contributed by atoms with Crippen molar-refractivity contribution < 1.29 is 19.2 Å². The number of benzene rings is 1. The van der Waals surface area contributed by atoms with E-state index in [0.29, 0.717) is 12.5 Å². The standard InChI is InChI=1S/C12H13FN2O4/c1-3-4-7(2)14-10-6-9(13)8(12(16)17)5-11(10)15(18)19/h3,5-7,14H,1,4H2,2H3,(H,16,17). The topological polar surface area (TPSA) is 92.5 Å². The van der Waals surface area contributed by atoms with Gasteiger partial charge in [0.05, 0.1) is 4.92 Å². The van der Waals surface area contributed by atoms with E-state index < -0.39 is 28.0 Å². The quantitative estimate of drug-likeness (QED) is 0.470. The Balaban J connectivity index is 3.23. The molecule has 102 valence electrons. The molecule has 0 aliphatic heterocycles. The summed E-state index contributed by atoms with van der Waals surface area (Å²) < 4.78 is 13.5. The van der Waals surface area contributed by atoms with E-state index in [2.05, 4.69) is 11.9 Å². The van der Waals surface area contributed by atoms with Crippen LogP contribution in [0.25, 0.3) is 0 Å². The number of nitrogens with one attached hydrogen (secondary N) is 1. The van der Waals surface area contributed by atoms with Gasteiger partial charge in [-0.3, -0.25) is 10.1 Å². The maximum atomic E-state index is 13.5. The number of carboxylic acids is 1. The lowest BCUT2D eigenvalue weighted by atomic mass is 10.1. The lowest BCUT2D eigenvalue weighted by Crippen LogP contribution is -2.16. The number of carboxylic acid groups (broad SMARTS) is 1. The molecule has 2 N–H and O–H groups in total. The minimum absolute atomic E-state index is 0.0538. The molecule has 19 heavy (non-hydrogen) atoms. The number of aromatic carboxylic acids is 1. The molecule has 0 aliphatic rings. The van der Waals surface area contributed by atoms with Crippen molar-refractivity contribution in [1.82, 2.24) is 0 Å². The minimum atomic E-state index is -1.55. The molecule has 0 aromatic heterocycles. The van der Waals surface area contributed by atoms with Gasteiger partial charge in [0.15, 0.2) is 0 Å². The van der Waals surface area contributed by atoms with E-state index in [0.717, 1.165) is 6.07 Å². The number of hydrogen-bond donors (Lipinski definition) is 2. The van der Waals surface area contributed by atoms with Crippen molar-refractivity contribution in [1.29, 1.82) is 0 Å². The number of rotatable bonds is 6. The summed E-state index contributed by atoms with van der Waals surface area (Å²) in [7, 11) is 0. The lowest BCUT2D eigenvalue weighted by Gasteiger charge is -2.14. The van der Waals surface area contributed by atoms with Crippen LogP contribution in [0.2, 0.25) is 0 Å². The van der Waals surface area contributed by atoms with E-state index in [-0.39, 0.29) is 11.7 Å². The summed E-state index contributed by atoms with van der Waals surface area (Å²) in [5, 5.41) is 22.4. The number of carbonyl (C=O) groups is 1. The largest absolute Gasteiger partial charge is 0.478 e. The second-order valence-electron chi connectivity index (χ2n) is 3.98. The van der Waals surface area contributed by atoms with E-state index in [9.17, 15) is 19.3 Å². The number of nitro benzene ring substituents is 1. The summed E-state index contributed by atoms with van der Waals surface area (Å²) in [6.07, 6.45) is 2.14. The summed E-state index contributed by atoms with van der Waals surface area (Å²) in [6, 6.07) is 1.34. The van der Waals surface area contributed by atoms with E-state index >= 15 is 0 Å². The Bertz CT molecular complexity index is 531. The van der Waals surface area contributed by atoms with Gasteiger partial charge in [-0.25, -0.2) is 9.18 Å². The van der Waals surface area contributed by atoms with Crippen LogP contribution in [-0.2, 0) is 0 Å². The third-order valence-electron chi connectivity index (χ3n) is 2.43. The second-order valence-corrected chi connectivity index (χ2v) is 3.98. The maximum Gasteiger partial charge on any atom is 0.338 e. The zero-order valence-electron chi connectivity index (χ0n) is 10.2. The van der Waals surface area contributed by atoms with Crippen LogP contribution in [0.3, 0.4) is 0 Å². The first-order chi connectivity index (χ1) is 8.86. The van der Waals surface area contributed by atoms with Crippen molar-refractivity contribution >= 4 is 17.3 Å². The van der Waals surface area contributed by atoms with Gasteiger partial charge in [-0.05, 0) is 13.3 Å². The Morgan fingerprint density at radius 1 is 1.68 bits per heavy atom. The first-order valence-corrected chi connectivity index (χ1v) is 5.45. The maximum absolute atomic E-state index is 13.5. The Hall–Kier alpha value is -2.44. The monoisotopic (exact) mass is 268 g/mol. The molecule has 1 unspecified atom stereocenters. The molecule has 6 nitrogen and oxygen atoms in total. The molecule has 0 spiro atoms. The van der Waals surface area contributed by atoms with Crippen LogP contribution >= 0.6 is 0 Å². The Kier molecular flexibility index (Phi) is 4.57. The fourth-order valence-corrected chi connectivity index (χ4v) is 1.57. The summed E-state index contributed by atoms with van der Waals surface area (Å²) in [5.41, 5.74) is -1.26. The molecule has 1 aromatic rings. The van der Waals surface area contributed by atoms with Crippen LogP contribution in [-0.4, -0.2) is 22.0 Å². The van der Waals surface area contributed by atoms with Crippen molar-refractivity contribution in [3.05, 3.63) is 46.3 Å². The molecule has 1 atom stereocenters.